The Morgan fingerprint density at radius 2 is 1.56 bits per heavy atom. The second-order valence-electron chi connectivity index (χ2n) is 7.54. The van der Waals surface area contributed by atoms with Crippen LogP contribution in [0.4, 0.5) is 30.6 Å². The highest BCUT2D eigenvalue weighted by atomic mass is 19.2. The fourth-order valence-electron chi connectivity index (χ4n) is 3.16. The second kappa shape index (κ2) is 11.0. The smallest absolute Gasteiger partial charge is 0.319 e. The highest BCUT2D eigenvalue weighted by Gasteiger charge is 2.22. The van der Waals surface area contributed by atoms with Gasteiger partial charge in [-0.2, -0.15) is 0 Å². The van der Waals surface area contributed by atoms with E-state index >= 15 is 0 Å². The van der Waals surface area contributed by atoms with Crippen molar-refractivity contribution in [3.63, 3.8) is 0 Å². The molecular formula is C25H24F2N4O3. The Bertz CT molecular complexity index is 1190. The first kappa shape index (κ1) is 24.4. The number of urea groups is 1. The molecule has 0 spiro atoms. The SMILES string of the molecule is Cc1cccc(NC(=O)NCC(=O)N(CC(=O)N(C)c2ccc(F)c(F)c2)c2ccccc2)c1. The van der Waals surface area contributed by atoms with E-state index in [0.29, 0.717) is 11.4 Å². The summed E-state index contributed by atoms with van der Waals surface area (Å²) in [4.78, 5) is 40.4. The average Bonchev–Trinajstić information content (AvgIpc) is 2.82. The molecule has 3 aromatic carbocycles. The van der Waals surface area contributed by atoms with Crippen molar-refractivity contribution in [2.75, 3.05) is 35.3 Å². The minimum Gasteiger partial charge on any atom is -0.329 e. The number of hydrogen-bond donors (Lipinski definition) is 2. The lowest BCUT2D eigenvalue weighted by Gasteiger charge is -2.26. The number of likely N-dealkylation sites (N-methyl/N-ethyl adjacent to an activating group) is 1. The van der Waals surface area contributed by atoms with Crippen molar-refractivity contribution in [2.45, 2.75) is 6.92 Å². The average molecular weight is 466 g/mol. The normalized spacial score (nSPS) is 10.4. The topological polar surface area (TPSA) is 81.8 Å². The summed E-state index contributed by atoms with van der Waals surface area (Å²) in [7, 11) is 1.40. The number of anilines is 3. The summed E-state index contributed by atoms with van der Waals surface area (Å²) in [5.41, 5.74) is 2.13. The Hall–Kier alpha value is -4.27. The van der Waals surface area contributed by atoms with Crippen molar-refractivity contribution in [3.05, 3.63) is 90.0 Å². The summed E-state index contributed by atoms with van der Waals surface area (Å²) >= 11 is 0. The first-order valence-electron chi connectivity index (χ1n) is 10.4. The van der Waals surface area contributed by atoms with Crippen LogP contribution < -0.4 is 20.4 Å². The fraction of sp³-hybridized carbons (Fsp3) is 0.160. The van der Waals surface area contributed by atoms with Crippen molar-refractivity contribution in [1.29, 1.82) is 0 Å². The highest BCUT2D eigenvalue weighted by molar-refractivity contribution is 6.05. The van der Waals surface area contributed by atoms with E-state index in [0.717, 1.165) is 22.6 Å². The summed E-state index contributed by atoms with van der Waals surface area (Å²) in [6.45, 7) is 1.15. The molecule has 0 aliphatic carbocycles. The Labute approximate surface area is 196 Å². The molecule has 0 atom stereocenters. The van der Waals surface area contributed by atoms with Gasteiger partial charge in [-0.1, -0.05) is 30.3 Å². The lowest BCUT2D eigenvalue weighted by Crippen LogP contribution is -2.46. The molecule has 2 N–H and O–H groups in total. The van der Waals surface area contributed by atoms with Gasteiger partial charge in [0.25, 0.3) is 0 Å². The highest BCUT2D eigenvalue weighted by Crippen LogP contribution is 2.19. The number of nitrogens with one attached hydrogen (secondary N) is 2. The Kier molecular flexibility index (Phi) is 7.92. The molecular weight excluding hydrogens is 442 g/mol. The van der Waals surface area contributed by atoms with Gasteiger partial charge in [0.2, 0.25) is 11.8 Å². The van der Waals surface area contributed by atoms with Gasteiger partial charge in [0.1, 0.15) is 6.54 Å². The molecule has 0 fully saturated rings. The zero-order valence-electron chi connectivity index (χ0n) is 18.7. The molecule has 0 aliphatic heterocycles. The Morgan fingerprint density at radius 3 is 2.24 bits per heavy atom. The van der Waals surface area contributed by atoms with E-state index in [1.807, 2.05) is 13.0 Å². The number of carbonyl (C=O) groups excluding carboxylic acids is 3. The molecule has 3 aromatic rings. The molecule has 0 heterocycles. The maximum Gasteiger partial charge on any atom is 0.319 e. The molecule has 176 valence electrons. The minimum atomic E-state index is -1.09. The number of hydrogen-bond acceptors (Lipinski definition) is 3. The Balaban J connectivity index is 1.69. The van der Waals surface area contributed by atoms with Crippen LogP contribution in [0.2, 0.25) is 0 Å². The van der Waals surface area contributed by atoms with Gasteiger partial charge in [-0.25, -0.2) is 13.6 Å². The summed E-state index contributed by atoms with van der Waals surface area (Å²) in [6.07, 6.45) is 0. The number of aryl methyl sites for hydroxylation is 1. The third kappa shape index (κ3) is 6.38. The van der Waals surface area contributed by atoms with E-state index in [1.54, 1.807) is 48.5 Å². The summed E-state index contributed by atoms with van der Waals surface area (Å²) in [6, 6.07) is 18.2. The van der Waals surface area contributed by atoms with Gasteiger partial charge >= 0.3 is 6.03 Å². The standard InChI is InChI=1S/C25H24F2N4O3/c1-17-7-6-8-18(13-17)29-25(34)28-15-23(32)31(19-9-4-3-5-10-19)16-24(33)30(2)20-11-12-21(26)22(27)14-20/h3-14H,15-16H2,1-2H3,(H2,28,29,34). The molecule has 34 heavy (non-hydrogen) atoms. The number of nitrogens with zero attached hydrogens (tertiary/aromatic N) is 2. The van der Waals surface area contributed by atoms with Gasteiger partial charge in [-0.3, -0.25) is 9.59 Å². The molecule has 0 radical (unpaired) electrons. The molecule has 0 bridgehead atoms. The van der Waals surface area contributed by atoms with Gasteiger partial charge in [-0.05, 0) is 48.9 Å². The van der Waals surface area contributed by atoms with E-state index < -0.39 is 29.5 Å². The number of halogens is 2. The lowest BCUT2D eigenvalue weighted by molar-refractivity contribution is -0.121. The zero-order valence-corrected chi connectivity index (χ0v) is 18.7. The van der Waals surface area contributed by atoms with Crippen LogP contribution in [0.25, 0.3) is 0 Å². The zero-order chi connectivity index (χ0) is 24.7. The van der Waals surface area contributed by atoms with E-state index in [9.17, 15) is 23.2 Å². The van der Waals surface area contributed by atoms with Crippen molar-refractivity contribution < 1.29 is 23.2 Å². The minimum absolute atomic E-state index is 0.139. The molecule has 0 aromatic heterocycles. The largest absolute Gasteiger partial charge is 0.329 e. The van der Waals surface area contributed by atoms with Crippen molar-refractivity contribution in [1.82, 2.24) is 5.32 Å². The summed E-state index contributed by atoms with van der Waals surface area (Å²) < 4.78 is 26.8. The molecule has 0 unspecified atom stereocenters. The van der Waals surface area contributed by atoms with Crippen LogP contribution in [0.5, 0.6) is 0 Å². The predicted molar refractivity (Wildman–Crippen MR) is 127 cm³/mol. The van der Waals surface area contributed by atoms with Crippen LogP contribution in [-0.2, 0) is 9.59 Å². The van der Waals surface area contributed by atoms with Crippen molar-refractivity contribution in [2.24, 2.45) is 0 Å². The van der Waals surface area contributed by atoms with E-state index in [2.05, 4.69) is 10.6 Å². The summed E-state index contributed by atoms with van der Waals surface area (Å²) in [5, 5.41) is 5.14. The molecule has 4 amide bonds. The second-order valence-corrected chi connectivity index (χ2v) is 7.54. The fourth-order valence-corrected chi connectivity index (χ4v) is 3.16. The number of rotatable bonds is 7. The molecule has 7 nitrogen and oxygen atoms in total. The van der Waals surface area contributed by atoms with Crippen LogP contribution in [0.1, 0.15) is 5.56 Å². The first-order valence-corrected chi connectivity index (χ1v) is 10.4. The van der Waals surface area contributed by atoms with Crippen LogP contribution >= 0.6 is 0 Å². The maximum absolute atomic E-state index is 13.6. The van der Waals surface area contributed by atoms with Crippen molar-refractivity contribution >= 4 is 34.9 Å². The van der Waals surface area contributed by atoms with Gasteiger partial charge in [-0.15, -0.1) is 0 Å². The number of carbonyl (C=O) groups is 3. The molecule has 0 aliphatic rings. The van der Waals surface area contributed by atoms with Crippen LogP contribution in [0.3, 0.4) is 0 Å². The van der Waals surface area contributed by atoms with Crippen LogP contribution in [0.15, 0.2) is 72.8 Å². The van der Waals surface area contributed by atoms with Crippen molar-refractivity contribution in [3.8, 4) is 0 Å². The van der Waals surface area contributed by atoms with Crippen LogP contribution in [0, 0.1) is 18.6 Å². The Morgan fingerprint density at radius 1 is 0.824 bits per heavy atom. The predicted octanol–water partition coefficient (Wildman–Crippen LogP) is 4.09. The quantitative estimate of drug-likeness (QED) is 0.550. The number of benzene rings is 3. The van der Waals surface area contributed by atoms with Gasteiger partial charge in [0.05, 0.1) is 6.54 Å². The number of amides is 4. The third-order valence-electron chi connectivity index (χ3n) is 5.00. The molecule has 3 rings (SSSR count). The maximum atomic E-state index is 13.6. The summed E-state index contributed by atoms with van der Waals surface area (Å²) in [5.74, 6) is -3.18. The molecule has 0 saturated carbocycles. The monoisotopic (exact) mass is 466 g/mol. The number of para-hydroxylation sites is 1. The van der Waals surface area contributed by atoms with Gasteiger partial charge in [0.15, 0.2) is 11.6 Å². The van der Waals surface area contributed by atoms with Gasteiger partial charge in [0, 0.05) is 30.2 Å². The third-order valence-corrected chi connectivity index (χ3v) is 5.00. The van der Waals surface area contributed by atoms with Gasteiger partial charge < -0.3 is 20.4 Å². The molecule has 9 heteroatoms. The lowest BCUT2D eigenvalue weighted by atomic mass is 10.2. The first-order chi connectivity index (χ1) is 16.2. The van der Waals surface area contributed by atoms with E-state index in [4.69, 9.17) is 0 Å². The van der Waals surface area contributed by atoms with Crippen LogP contribution in [-0.4, -0.2) is 38.0 Å². The van der Waals surface area contributed by atoms with E-state index in [-0.39, 0.29) is 18.8 Å². The molecule has 0 saturated heterocycles. The van der Waals surface area contributed by atoms with E-state index in [1.165, 1.54) is 18.0 Å².